The first-order chi connectivity index (χ1) is 13.5. The molecule has 3 aromatic rings. The molecule has 1 amide bonds. The van der Waals surface area contributed by atoms with Gasteiger partial charge in [-0.3, -0.25) is 9.69 Å². The van der Waals surface area contributed by atoms with E-state index in [0.29, 0.717) is 22.9 Å². The summed E-state index contributed by atoms with van der Waals surface area (Å²) < 4.78 is 11.7. The molecule has 0 unspecified atom stereocenters. The van der Waals surface area contributed by atoms with Gasteiger partial charge in [0.1, 0.15) is 17.1 Å². The molecule has 1 aromatic carbocycles. The first-order valence-electron chi connectivity index (χ1n) is 9.80. The van der Waals surface area contributed by atoms with Crippen LogP contribution < -0.4 is 5.32 Å². The number of benzene rings is 1. The third kappa shape index (κ3) is 3.82. The molecule has 4 rings (SSSR count). The van der Waals surface area contributed by atoms with Gasteiger partial charge in [-0.2, -0.15) is 0 Å². The quantitative estimate of drug-likeness (QED) is 0.635. The summed E-state index contributed by atoms with van der Waals surface area (Å²) in [5.41, 5.74) is 1.47. The molecule has 1 fully saturated rings. The Morgan fingerprint density at radius 3 is 2.64 bits per heavy atom. The van der Waals surface area contributed by atoms with Crippen molar-refractivity contribution < 1.29 is 13.6 Å². The van der Waals surface area contributed by atoms with Gasteiger partial charge in [-0.25, -0.2) is 0 Å². The molecule has 1 saturated heterocycles. The van der Waals surface area contributed by atoms with Crippen LogP contribution in [0.3, 0.4) is 0 Å². The standard InChI is InChI=1S/C22H25ClN2O3/c1-14-6-8-20(27-14)18(25-10-4-3-5-11-25)13-24-22(26)21-15(2)17-12-16(23)7-9-19(17)28-21/h6-9,12,18H,3-5,10-11,13H2,1-2H3,(H,24,26)/t18-/m0/s1. The second-order valence-corrected chi connectivity index (χ2v) is 7.90. The predicted octanol–water partition coefficient (Wildman–Crippen LogP) is 5.25. The lowest BCUT2D eigenvalue weighted by atomic mass is 10.1. The van der Waals surface area contributed by atoms with Crippen molar-refractivity contribution in [2.45, 2.75) is 39.2 Å². The maximum Gasteiger partial charge on any atom is 0.287 e. The Bertz CT molecular complexity index is 985. The molecular weight excluding hydrogens is 376 g/mol. The number of piperidine rings is 1. The number of carbonyl (C=O) groups is 1. The Balaban J connectivity index is 1.53. The SMILES string of the molecule is Cc1ccc([C@H](CNC(=O)c2oc3ccc(Cl)cc3c2C)N2CCCCC2)o1. The zero-order valence-corrected chi connectivity index (χ0v) is 17.0. The zero-order valence-electron chi connectivity index (χ0n) is 16.3. The number of hydrogen-bond donors (Lipinski definition) is 1. The van der Waals surface area contributed by atoms with Crippen molar-refractivity contribution in [3.8, 4) is 0 Å². The number of nitrogens with zero attached hydrogens (tertiary/aromatic N) is 1. The topological polar surface area (TPSA) is 58.6 Å². The number of likely N-dealkylation sites (tertiary alicyclic amines) is 1. The Morgan fingerprint density at radius 1 is 1.14 bits per heavy atom. The summed E-state index contributed by atoms with van der Waals surface area (Å²) in [6.45, 7) is 6.33. The zero-order chi connectivity index (χ0) is 19.7. The van der Waals surface area contributed by atoms with Crippen molar-refractivity contribution in [2.75, 3.05) is 19.6 Å². The van der Waals surface area contributed by atoms with Crippen LogP contribution in [0.1, 0.15) is 52.9 Å². The van der Waals surface area contributed by atoms with E-state index in [0.717, 1.165) is 35.6 Å². The smallest absolute Gasteiger partial charge is 0.287 e. The van der Waals surface area contributed by atoms with Crippen LogP contribution in [0.2, 0.25) is 5.02 Å². The number of carbonyl (C=O) groups excluding carboxylic acids is 1. The van der Waals surface area contributed by atoms with E-state index < -0.39 is 0 Å². The summed E-state index contributed by atoms with van der Waals surface area (Å²) >= 11 is 6.08. The number of furan rings is 2. The van der Waals surface area contributed by atoms with E-state index in [9.17, 15) is 4.79 Å². The van der Waals surface area contributed by atoms with E-state index in [1.807, 2.05) is 32.0 Å². The average molecular weight is 401 g/mol. The van der Waals surface area contributed by atoms with Crippen molar-refractivity contribution in [3.05, 3.63) is 58.2 Å². The van der Waals surface area contributed by atoms with Crippen LogP contribution in [0.5, 0.6) is 0 Å². The lowest BCUT2D eigenvalue weighted by Gasteiger charge is -2.33. The minimum Gasteiger partial charge on any atom is -0.465 e. The number of fused-ring (bicyclic) bond motifs is 1. The number of halogens is 1. The molecule has 0 radical (unpaired) electrons. The average Bonchev–Trinajstić information content (AvgIpc) is 3.26. The van der Waals surface area contributed by atoms with Gasteiger partial charge in [0.15, 0.2) is 5.76 Å². The maximum atomic E-state index is 12.9. The lowest BCUT2D eigenvalue weighted by molar-refractivity contribution is 0.0888. The molecule has 1 atom stereocenters. The molecule has 3 heterocycles. The van der Waals surface area contributed by atoms with E-state index in [4.69, 9.17) is 20.4 Å². The number of aryl methyl sites for hydroxylation is 2. The lowest BCUT2D eigenvalue weighted by Crippen LogP contribution is -2.40. The first-order valence-corrected chi connectivity index (χ1v) is 10.2. The number of amides is 1. The maximum absolute atomic E-state index is 12.9. The highest BCUT2D eigenvalue weighted by atomic mass is 35.5. The van der Waals surface area contributed by atoms with Crippen LogP contribution in [0.25, 0.3) is 11.0 Å². The van der Waals surface area contributed by atoms with E-state index in [1.165, 1.54) is 19.3 Å². The molecule has 148 valence electrons. The second kappa shape index (κ2) is 8.02. The van der Waals surface area contributed by atoms with E-state index >= 15 is 0 Å². The van der Waals surface area contributed by atoms with Crippen LogP contribution in [0.4, 0.5) is 0 Å². The molecule has 5 nitrogen and oxygen atoms in total. The molecule has 0 bridgehead atoms. The van der Waals surface area contributed by atoms with Gasteiger partial charge in [-0.05, 0) is 70.1 Å². The minimum atomic E-state index is -0.213. The highest BCUT2D eigenvalue weighted by Gasteiger charge is 2.26. The predicted molar refractivity (Wildman–Crippen MR) is 110 cm³/mol. The van der Waals surface area contributed by atoms with Crippen molar-refractivity contribution in [1.82, 2.24) is 10.2 Å². The van der Waals surface area contributed by atoms with Gasteiger partial charge in [-0.1, -0.05) is 18.0 Å². The number of nitrogens with one attached hydrogen (secondary N) is 1. The first kappa shape index (κ1) is 19.1. The van der Waals surface area contributed by atoms with E-state index in [2.05, 4.69) is 10.2 Å². The van der Waals surface area contributed by atoms with Gasteiger partial charge in [0.05, 0.1) is 6.04 Å². The van der Waals surface area contributed by atoms with Gasteiger partial charge in [0, 0.05) is 22.5 Å². The fourth-order valence-electron chi connectivity index (χ4n) is 3.95. The summed E-state index contributed by atoms with van der Waals surface area (Å²) in [5, 5.41) is 4.55. The Morgan fingerprint density at radius 2 is 1.93 bits per heavy atom. The van der Waals surface area contributed by atoms with Crippen LogP contribution in [-0.4, -0.2) is 30.4 Å². The normalized spacial score (nSPS) is 16.4. The number of rotatable bonds is 5. The summed E-state index contributed by atoms with van der Waals surface area (Å²) in [4.78, 5) is 15.3. The third-order valence-electron chi connectivity index (χ3n) is 5.48. The fraction of sp³-hybridized carbons (Fsp3) is 0.409. The van der Waals surface area contributed by atoms with Gasteiger partial charge in [0.25, 0.3) is 5.91 Å². The summed E-state index contributed by atoms with van der Waals surface area (Å²) in [5.74, 6) is 1.90. The van der Waals surface area contributed by atoms with E-state index in [1.54, 1.807) is 12.1 Å². The highest BCUT2D eigenvalue weighted by Crippen LogP contribution is 2.29. The molecule has 6 heteroatoms. The molecule has 0 aliphatic carbocycles. The molecule has 0 spiro atoms. The molecule has 1 aliphatic rings. The van der Waals surface area contributed by atoms with Crippen LogP contribution in [0.15, 0.2) is 39.2 Å². The largest absolute Gasteiger partial charge is 0.465 e. The molecule has 1 N–H and O–H groups in total. The van der Waals surface area contributed by atoms with Gasteiger partial charge >= 0.3 is 0 Å². The van der Waals surface area contributed by atoms with Gasteiger partial charge in [0.2, 0.25) is 0 Å². The second-order valence-electron chi connectivity index (χ2n) is 7.47. The van der Waals surface area contributed by atoms with Crippen LogP contribution >= 0.6 is 11.6 Å². The summed E-state index contributed by atoms with van der Waals surface area (Å²) in [6, 6.07) is 9.39. The van der Waals surface area contributed by atoms with E-state index in [-0.39, 0.29) is 11.9 Å². The van der Waals surface area contributed by atoms with Crippen LogP contribution in [0, 0.1) is 13.8 Å². The Kier molecular flexibility index (Phi) is 5.47. The number of hydrogen-bond acceptors (Lipinski definition) is 4. The molecular formula is C22H25ClN2O3. The summed E-state index contributed by atoms with van der Waals surface area (Å²) in [7, 11) is 0. The van der Waals surface area contributed by atoms with Crippen molar-refractivity contribution >= 4 is 28.5 Å². The Hall–Kier alpha value is -2.24. The molecule has 1 aliphatic heterocycles. The van der Waals surface area contributed by atoms with Gasteiger partial charge in [-0.15, -0.1) is 0 Å². The van der Waals surface area contributed by atoms with Gasteiger partial charge < -0.3 is 14.2 Å². The van der Waals surface area contributed by atoms with Crippen molar-refractivity contribution in [1.29, 1.82) is 0 Å². The van der Waals surface area contributed by atoms with Crippen molar-refractivity contribution in [2.24, 2.45) is 0 Å². The summed E-state index contributed by atoms with van der Waals surface area (Å²) in [6.07, 6.45) is 3.61. The molecule has 0 saturated carbocycles. The van der Waals surface area contributed by atoms with Crippen LogP contribution in [-0.2, 0) is 0 Å². The van der Waals surface area contributed by atoms with Crippen molar-refractivity contribution in [3.63, 3.8) is 0 Å². The fourth-order valence-corrected chi connectivity index (χ4v) is 4.12. The third-order valence-corrected chi connectivity index (χ3v) is 5.72. The molecule has 28 heavy (non-hydrogen) atoms. The molecule has 2 aromatic heterocycles. The minimum absolute atomic E-state index is 0.0251. The highest BCUT2D eigenvalue weighted by molar-refractivity contribution is 6.31. The Labute approximate surface area is 169 Å². The monoisotopic (exact) mass is 400 g/mol.